The van der Waals surface area contributed by atoms with Crippen molar-refractivity contribution in [3.05, 3.63) is 34.9 Å². The molecule has 4 heteroatoms. The lowest BCUT2D eigenvalue weighted by molar-refractivity contribution is 0.0515. The molecule has 19 heavy (non-hydrogen) atoms. The molecule has 1 heterocycles. The summed E-state index contributed by atoms with van der Waals surface area (Å²) >= 11 is 0. The van der Waals surface area contributed by atoms with Gasteiger partial charge < -0.3 is 15.5 Å². The first-order valence-electron chi connectivity index (χ1n) is 6.80. The van der Waals surface area contributed by atoms with Gasteiger partial charge in [0.25, 0.3) is 5.91 Å². The lowest BCUT2D eigenvalue weighted by Gasteiger charge is -2.39. The van der Waals surface area contributed by atoms with E-state index in [4.69, 9.17) is 5.73 Å². The predicted octanol–water partition coefficient (Wildman–Crippen LogP) is 1.02. The number of nitrogens with two attached hydrogens (primary N) is 1. The zero-order chi connectivity index (χ0) is 14.0. The van der Waals surface area contributed by atoms with Gasteiger partial charge in [-0.15, -0.1) is 0 Å². The fraction of sp³-hybridized carbons (Fsp3) is 0.533. The SMILES string of the molecule is Cc1cccc(C(=O)N2CCN(C)CC2CN)c1C. The number of hydrogen-bond acceptors (Lipinski definition) is 3. The number of aryl methyl sites for hydroxylation is 1. The number of carbonyl (C=O) groups excluding carboxylic acids is 1. The van der Waals surface area contributed by atoms with Gasteiger partial charge in [-0.1, -0.05) is 12.1 Å². The Balaban J connectivity index is 2.25. The van der Waals surface area contributed by atoms with Crippen molar-refractivity contribution in [3.8, 4) is 0 Å². The highest BCUT2D eigenvalue weighted by Crippen LogP contribution is 2.18. The molecule has 0 aromatic heterocycles. The minimum absolute atomic E-state index is 0.116. The smallest absolute Gasteiger partial charge is 0.254 e. The number of nitrogens with zero attached hydrogens (tertiary/aromatic N) is 2. The van der Waals surface area contributed by atoms with Gasteiger partial charge in [-0.2, -0.15) is 0 Å². The number of piperazine rings is 1. The Morgan fingerprint density at radius 3 is 2.79 bits per heavy atom. The normalized spacial score (nSPS) is 20.6. The van der Waals surface area contributed by atoms with E-state index in [9.17, 15) is 4.79 Å². The van der Waals surface area contributed by atoms with Crippen molar-refractivity contribution in [3.63, 3.8) is 0 Å². The molecule has 1 aromatic rings. The van der Waals surface area contributed by atoms with Crippen molar-refractivity contribution in [1.29, 1.82) is 0 Å². The monoisotopic (exact) mass is 261 g/mol. The summed E-state index contributed by atoms with van der Waals surface area (Å²) < 4.78 is 0. The average Bonchev–Trinajstić information content (AvgIpc) is 2.41. The lowest BCUT2D eigenvalue weighted by Crippen LogP contribution is -2.56. The molecular formula is C15H23N3O. The number of hydrogen-bond donors (Lipinski definition) is 1. The molecular weight excluding hydrogens is 238 g/mol. The molecule has 1 fully saturated rings. The van der Waals surface area contributed by atoms with E-state index in [0.29, 0.717) is 6.54 Å². The fourth-order valence-electron chi connectivity index (χ4n) is 2.62. The van der Waals surface area contributed by atoms with E-state index in [-0.39, 0.29) is 11.9 Å². The highest BCUT2D eigenvalue weighted by Gasteiger charge is 2.29. The quantitative estimate of drug-likeness (QED) is 0.864. The molecule has 0 saturated carbocycles. The van der Waals surface area contributed by atoms with Crippen LogP contribution in [0, 0.1) is 13.8 Å². The van der Waals surface area contributed by atoms with Gasteiger partial charge in [0, 0.05) is 31.7 Å². The molecule has 1 aliphatic rings. The average molecular weight is 261 g/mol. The molecule has 0 spiro atoms. The van der Waals surface area contributed by atoms with E-state index in [2.05, 4.69) is 11.9 Å². The van der Waals surface area contributed by atoms with Gasteiger partial charge in [-0.3, -0.25) is 4.79 Å². The van der Waals surface area contributed by atoms with Crippen LogP contribution in [-0.4, -0.2) is 55.0 Å². The van der Waals surface area contributed by atoms with Crippen molar-refractivity contribution in [2.24, 2.45) is 5.73 Å². The van der Waals surface area contributed by atoms with Crippen LogP contribution in [0.3, 0.4) is 0 Å². The van der Waals surface area contributed by atoms with Gasteiger partial charge in [0.2, 0.25) is 0 Å². The van der Waals surface area contributed by atoms with Gasteiger partial charge >= 0.3 is 0 Å². The van der Waals surface area contributed by atoms with Crippen molar-refractivity contribution < 1.29 is 4.79 Å². The number of benzene rings is 1. The van der Waals surface area contributed by atoms with Gasteiger partial charge in [0.15, 0.2) is 0 Å². The summed E-state index contributed by atoms with van der Waals surface area (Å²) in [6.07, 6.45) is 0. The maximum absolute atomic E-state index is 12.7. The van der Waals surface area contributed by atoms with Gasteiger partial charge in [-0.05, 0) is 38.1 Å². The summed E-state index contributed by atoms with van der Waals surface area (Å²) in [4.78, 5) is 16.9. The molecule has 0 radical (unpaired) electrons. The standard InChI is InChI=1S/C15H23N3O/c1-11-5-4-6-14(12(11)2)15(19)18-8-7-17(3)10-13(18)9-16/h4-6,13H,7-10,16H2,1-3H3. The summed E-state index contributed by atoms with van der Waals surface area (Å²) in [7, 11) is 2.07. The molecule has 2 rings (SSSR count). The number of rotatable bonds is 2. The summed E-state index contributed by atoms with van der Waals surface area (Å²) in [6, 6.07) is 6.02. The Hall–Kier alpha value is -1.39. The van der Waals surface area contributed by atoms with Crippen LogP contribution in [-0.2, 0) is 0 Å². The second-order valence-electron chi connectivity index (χ2n) is 5.40. The Bertz CT molecular complexity index is 472. The third kappa shape index (κ3) is 2.80. The third-order valence-electron chi connectivity index (χ3n) is 4.05. The van der Waals surface area contributed by atoms with Crippen molar-refractivity contribution in [1.82, 2.24) is 9.80 Å². The molecule has 0 aliphatic carbocycles. The summed E-state index contributed by atoms with van der Waals surface area (Å²) in [5.41, 5.74) is 8.86. The molecule has 1 saturated heterocycles. The Kier molecular flexibility index (Phi) is 4.22. The summed E-state index contributed by atoms with van der Waals surface area (Å²) in [5, 5.41) is 0. The highest BCUT2D eigenvalue weighted by molar-refractivity contribution is 5.96. The third-order valence-corrected chi connectivity index (χ3v) is 4.05. The minimum atomic E-state index is 0.116. The molecule has 1 unspecified atom stereocenters. The van der Waals surface area contributed by atoms with Crippen LogP contribution in [0.2, 0.25) is 0 Å². The summed E-state index contributed by atoms with van der Waals surface area (Å²) in [5.74, 6) is 0.116. The lowest BCUT2D eigenvalue weighted by atomic mass is 10.0. The van der Waals surface area contributed by atoms with E-state index in [0.717, 1.165) is 36.3 Å². The molecule has 1 atom stereocenters. The molecule has 1 amide bonds. The van der Waals surface area contributed by atoms with Crippen LogP contribution in [0.5, 0.6) is 0 Å². The van der Waals surface area contributed by atoms with Gasteiger partial charge in [0.1, 0.15) is 0 Å². The molecule has 1 aliphatic heterocycles. The van der Waals surface area contributed by atoms with E-state index in [1.807, 2.05) is 36.9 Å². The first-order chi connectivity index (χ1) is 9.04. The number of carbonyl (C=O) groups is 1. The molecule has 0 bridgehead atoms. The van der Waals surface area contributed by atoms with Crippen LogP contribution < -0.4 is 5.73 Å². The largest absolute Gasteiger partial charge is 0.332 e. The minimum Gasteiger partial charge on any atom is -0.332 e. The Labute approximate surface area is 115 Å². The second kappa shape index (κ2) is 5.72. The highest BCUT2D eigenvalue weighted by atomic mass is 16.2. The molecule has 1 aromatic carbocycles. The zero-order valence-corrected chi connectivity index (χ0v) is 12.0. The van der Waals surface area contributed by atoms with Crippen LogP contribution in [0.25, 0.3) is 0 Å². The van der Waals surface area contributed by atoms with Crippen LogP contribution in [0.15, 0.2) is 18.2 Å². The van der Waals surface area contributed by atoms with Crippen LogP contribution in [0.1, 0.15) is 21.5 Å². The van der Waals surface area contributed by atoms with E-state index < -0.39 is 0 Å². The van der Waals surface area contributed by atoms with E-state index in [1.54, 1.807) is 0 Å². The van der Waals surface area contributed by atoms with E-state index >= 15 is 0 Å². The fourth-order valence-corrected chi connectivity index (χ4v) is 2.62. The number of likely N-dealkylation sites (N-methyl/N-ethyl adjacent to an activating group) is 1. The molecule has 4 nitrogen and oxygen atoms in total. The predicted molar refractivity (Wildman–Crippen MR) is 77.3 cm³/mol. The molecule has 104 valence electrons. The van der Waals surface area contributed by atoms with Crippen molar-refractivity contribution in [2.45, 2.75) is 19.9 Å². The van der Waals surface area contributed by atoms with Crippen LogP contribution in [0.4, 0.5) is 0 Å². The zero-order valence-electron chi connectivity index (χ0n) is 12.0. The Morgan fingerprint density at radius 2 is 2.11 bits per heavy atom. The summed E-state index contributed by atoms with van der Waals surface area (Å²) in [6.45, 7) is 7.08. The van der Waals surface area contributed by atoms with Crippen LogP contribution >= 0.6 is 0 Å². The van der Waals surface area contributed by atoms with Crippen molar-refractivity contribution >= 4 is 5.91 Å². The van der Waals surface area contributed by atoms with Crippen molar-refractivity contribution in [2.75, 3.05) is 33.2 Å². The molecule has 2 N–H and O–H groups in total. The van der Waals surface area contributed by atoms with E-state index in [1.165, 1.54) is 0 Å². The maximum atomic E-state index is 12.7. The topological polar surface area (TPSA) is 49.6 Å². The van der Waals surface area contributed by atoms with Gasteiger partial charge in [-0.25, -0.2) is 0 Å². The second-order valence-corrected chi connectivity index (χ2v) is 5.40. The maximum Gasteiger partial charge on any atom is 0.254 e. The first-order valence-corrected chi connectivity index (χ1v) is 6.80. The first kappa shape index (κ1) is 14.0. The Morgan fingerprint density at radius 1 is 1.37 bits per heavy atom. The van der Waals surface area contributed by atoms with Gasteiger partial charge in [0.05, 0.1) is 6.04 Å². The number of amides is 1.